The monoisotopic (exact) mass is 147 g/mol. The van der Waals surface area contributed by atoms with Crippen LogP contribution >= 0.6 is 0 Å². The Morgan fingerprint density at radius 2 is 2.12 bits per heavy atom. The molecule has 0 aromatic rings. The molecule has 0 aromatic heterocycles. The number of carboxylic acid groups (broad SMARTS) is 1. The molecule has 0 atom stereocenters. The number of hydrogen-bond acceptors (Lipinski definition) is 3. The predicted octanol–water partition coefficient (Wildman–Crippen LogP) is -2.31. The van der Waals surface area contributed by atoms with Crippen molar-refractivity contribution in [1.29, 1.82) is 0 Å². The van der Waals surface area contributed by atoms with Crippen molar-refractivity contribution < 1.29 is 15.0 Å². The molecule has 0 bridgehead atoms. The van der Waals surface area contributed by atoms with Crippen molar-refractivity contribution in [1.82, 2.24) is 5.32 Å². The van der Waals surface area contributed by atoms with Gasteiger partial charge in [0.2, 0.25) is 0 Å². The van der Waals surface area contributed by atoms with Crippen LogP contribution in [0, 0.1) is 0 Å². The molecule has 0 amide bonds. The number of carboxylic acids is 1. The summed E-state index contributed by atoms with van der Waals surface area (Å²) in [5.74, 6) is -0.964. The molecule has 0 rings (SSSR count). The Labute approximate surface area is 76.9 Å². The molecular formula is C3H9CaNO3. The van der Waals surface area contributed by atoms with Crippen LogP contribution in [0.15, 0.2) is 0 Å². The van der Waals surface area contributed by atoms with Crippen LogP contribution in [-0.2, 0) is 4.79 Å². The fourth-order valence-corrected chi connectivity index (χ4v) is 0.163. The van der Waals surface area contributed by atoms with Crippen molar-refractivity contribution in [3.05, 3.63) is 0 Å². The van der Waals surface area contributed by atoms with Crippen LogP contribution in [-0.4, -0.2) is 67.2 Å². The Bertz CT molecular complexity index is 67.5. The molecule has 0 aromatic carbocycles. The van der Waals surface area contributed by atoms with E-state index in [0.29, 0.717) is 0 Å². The number of nitrogens with one attached hydrogen (secondary N) is 1. The summed E-state index contributed by atoms with van der Waals surface area (Å²) in [4.78, 5) is 9.58. The summed E-state index contributed by atoms with van der Waals surface area (Å²) in [5.41, 5.74) is 0. The quantitative estimate of drug-likeness (QED) is 0.310. The zero-order valence-corrected chi connectivity index (χ0v) is 3.72. The summed E-state index contributed by atoms with van der Waals surface area (Å²) in [5, 5.41) is 18.0. The first-order valence-electron chi connectivity index (χ1n) is 1.80. The van der Waals surface area contributed by atoms with Crippen LogP contribution in [0.3, 0.4) is 0 Å². The number of carbonyl (C=O) groups is 1. The molecule has 3 N–H and O–H groups in total. The third-order valence-corrected chi connectivity index (χ3v) is 0.388. The summed E-state index contributed by atoms with van der Waals surface area (Å²) < 4.78 is 0. The van der Waals surface area contributed by atoms with E-state index in [1.165, 1.54) is 0 Å². The summed E-state index contributed by atoms with van der Waals surface area (Å²) in [6, 6.07) is 0. The van der Waals surface area contributed by atoms with Crippen LogP contribution in [0.5, 0.6) is 0 Å². The first-order chi connectivity index (χ1) is 3.27. The molecule has 0 saturated carbocycles. The molecule has 0 aliphatic rings. The zero-order valence-electron chi connectivity index (χ0n) is 3.72. The van der Waals surface area contributed by atoms with E-state index in [1.807, 2.05) is 0 Å². The van der Waals surface area contributed by atoms with Crippen molar-refractivity contribution in [2.24, 2.45) is 0 Å². The van der Waals surface area contributed by atoms with Crippen molar-refractivity contribution in [2.75, 3.05) is 13.3 Å². The SMILES string of the molecule is O=C(O)CNCO.[CaH2]. The van der Waals surface area contributed by atoms with E-state index in [-0.39, 0.29) is 51.0 Å². The Kier molecular flexibility index (Phi) is 10.9. The van der Waals surface area contributed by atoms with Gasteiger partial charge in [-0.15, -0.1) is 0 Å². The Hall–Kier alpha value is 0.650. The van der Waals surface area contributed by atoms with Gasteiger partial charge in [-0.05, 0) is 0 Å². The van der Waals surface area contributed by atoms with Crippen molar-refractivity contribution in [3.63, 3.8) is 0 Å². The third-order valence-electron chi connectivity index (χ3n) is 0.388. The molecular weight excluding hydrogens is 138 g/mol. The van der Waals surface area contributed by atoms with Gasteiger partial charge in [-0.2, -0.15) is 0 Å². The van der Waals surface area contributed by atoms with Gasteiger partial charge in [0.15, 0.2) is 0 Å². The fourth-order valence-electron chi connectivity index (χ4n) is 0.163. The van der Waals surface area contributed by atoms with Gasteiger partial charge in [0.1, 0.15) is 0 Å². The molecule has 0 fully saturated rings. The van der Waals surface area contributed by atoms with E-state index in [4.69, 9.17) is 10.2 Å². The van der Waals surface area contributed by atoms with Crippen molar-refractivity contribution in [3.8, 4) is 0 Å². The van der Waals surface area contributed by atoms with Crippen LogP contribution in [0.1, 0.15) is 0 Å². The number of hydrogen-bond donors (Lipinski definition) is 3. The average molecular weight is 147 g/mol. The summed E-state index contributed by atoms with van der Waals surface area (Å²) in [7, 11) is 0. The van der Waals surface area contributed by atoms with Crippen LogP contribution in [0.25, 0.3) is 0 Å². The van der Waals surface area contributed by atoms with Crippen molar-refractivity contribution >= 4 is 43.7 Å². The minimum atomic E-state index is -0.964. The van der Waals surface area contributed by atoms with Gasteiger partial charge in [0.05, 0.1) is 13.3 Å². The fraction of sp³-hybridized carbons (Fsp3) is 0.667. The molecule has 0 heterocycles. The van der Waals surface area contributed by atoms with Crippen molar-refractivity contribution in [2.45, 2.75) is 0 Å². The standard InChI is InChI=1S/C3H7NO3.Ca.2H/c5-2-4-1-3(6)7;;;/h4-5H,1-2H2,(H,6,7);;;. The maximum atomic E-state index is 9.58. The molecule has 0 saturated heterocycles. The molecule has 0 aliphatic heterocycles. The maximum absolute atomic E-state index is 9.58. The average Bonchev–Trinajstić information content (AvgIpc) is 1.61. The topological polar surface area (TPSA) is 69.6 Å². The van der Waals surface area contributed by atoms with Gasteiger partial charge >= 0.3 is 43.7 Å². The summed E-state index contributed by atoms with van der Waals surface area (Å²) in [6.07, 6.45) is 0. The molecule has 0 unspecified atom stereocenters. The number of aliphatic carboxylic acids is 1. The Balaban J connectivity index is 0. The van der Waals surface area contributed by atoms with Gasteiger partial charge in [-0.25, -0.2) is 0 Å². The predicted molar refractivity (Wildman–Crippen MR) is 31.3 cm³/mol. The molecule has 46 valence electrons. The molecule has 4 nitrogen and oxygen atoms in total. The molecule has 0 spiro atoms. The van der Waals surface area contributed by atoms with E-state index in [2.05, 4.69) is 5.32 Å². The number of aliphatic hydroxyl groups excluding tert-OH is 1. The van der Waals surface area contributed by atoms with Gasteiger partial charge in [-0.1, -0.05) is 0 Å². The van der Waals surface area contributed by atoms with Gasteiger partial charge in [-0.3, -0.25) is 10.1 Å². The van der Waals surface area contributed by atoms with Crippen LogP contribution in [0.2, 0.25) is 0 Å². The normalized spacial score (nSPS) is 7.62. The zero-order chi connectivity index (χ0) is 5.70. The van der Waals surface area contributed by atoms with Crippen LogP contribution < -0.4 is 5.32 Å². The second kappa shape index (κ2) is 7.65. The molecule has 8 heavy (non-hydrogen) atoms. The van der Waals surface area contributed by atoms with Gasteiger partial charge < -0.3 is 10.2 Å². The molecule has 5 heteroatoms. The minimum absolute atomic E-state index is 0. The van der Waals surface area contributed by atoms with Gasteiger partial charge in [0.25, 0.3) is 0 Å². The number of rotatable bonds is 3. The Morgan fingerprint density at radius 3 is 2.25 bits per heavy atom. The van der Waals surface area contributed by atoms with Gasteiger partial charge in [0, 0.05) is 0 Å². The first-order valence-corrected chi connectivity index (χ1v) is 1.80. The summed E-state index contributed by atoms with van der Waals surface area (Å²) in [6.45, 7) is -0.469. The number of aliphatic hydroxyl groups is 1. The molecule has 0 aliphatic carbocycles. The second-order valence-electron chi connectivity index (χ2n) is 0.979. The van der Waals surface area contributed by atoms with E-state index < -0.39 is 5.97 Å². The summed E-state index contributed by atoms with van der Waals surface area (Å²) >= 11 is 0. The van der Waals surface area contributed by atoms with E-state index in [0.717, 1.165) is 0 Å². The first kappa shape index (κ1) is 11.4. The van der Waals surface area contributed by atoms with E-state index >= 15 is 0 Å². The third kappa shape index (κ3) is 9.82. The van der Waals surface area contributed by atoms with Crippen LogP contribution in [0.4, 0.5) is 0 Å². The Morgan fingerprint density at radius 1 is 1.62 bits per heavy atom. The molecule has 0 radical (unpaired) electrons. The van der Waals surface area contributed by atoms with E-state index in [1.54, 1.807) is 0 Å². The second-order valence-corrected chi connectivity index (χ2v) is 0.979. The van der Waals surface area contributed by atoms with E-state index in [9.17, 15) is 4.79 Å².